The number of carbonyl (C=O) groups excluding carboxylic acids is 2. The van der Waals surface area contributed by atoms with Gasteiger partial charge in [-0.15, -0.1) is 0 Å². The molecule has 0 spiro atoms. The molecule has 178 valence electrons. The first kappa shape index (κ1) is 24.7. The number of alkyl carbamates (subject to hydrolysis) is 1. The molecule has 2 aromatic rings. The number of aryl methyl sites for hydroxylation is 1. The highest BCUT2D eigenvalue weighted by Crippen LogP contribution is 2.31. The zero-order chi connectivity index (χ0) is 23.8. The predicted molar refractivity (Wildman–Crippen MR) is 130 cm³/mol. The Morgan fingerprint density at radius 1 is 1.15 bits per heavy atom. The van der Waals surface area contributed by atoms with Crippen LogP contribution in [0.1, 0.15) is 76.1 Å². The highest BCUT2D eigenvalue weighted by Gasteiger charge is 2.34. The molecule has 1 aliphatic heterocycles. The van der Waals surface area contributed by atoms with E-state index in [2.05, 4.69) is 41.5 Å². The number of likely N-dealkylation sites (tertiary alicyclic amines) is 1. The van der Waals surface area contributed by atoms with Crippen molar-refractivity contribution in [3.63, 3.8) is 0 Å². The van der Waals surface area contributed by atoms with Crippen LogP contribution in [0.4, 0.5) is 4.79 Å². The molecule has 2 amide bonds. The molecule has 3 rings (SSSR count). The molecule has 1 aliphatic rings. The first-order chi connectivity index (χ1) is 15.8. The minimum atomic E-state index is -0.700. The average molecular weight is 452 g/mol. The maximum Gasteiger partial charge on any atom is 0.408 e. The van der Waals surface area contributed by atoms with Crippen molar-refractivity contribution in [2.24, 2.45) is 0 Å². The summed E-state index contributed by atoms with van der Waals surface area (Å²) in [5.41, 5.74) is 2.68. The third-order valence-corrected chi connectivity index (χ3v) is 5.85. The van der Waals surface area contributed by atoms with E-state index in [9.17, 15) is 9.59 Å². The van der Waals surface area contributed by atoms with Gasteiger partial charge >= 0.3 is 6.09 Å². The van der Waals surface area contributed by atoms with E-state index in [0.29, 0.717) is 13.0 Å². The van der Waals surface area contributed by atoms with E-state index in [0.717, 1.165) is 43.2 Å². The SMILES string of the molecule is CCCc1ccc(CC(NC(=O)OC(C)(C)C)C(=O)N2CCCCC2c2cccnc2)cc1. The van der Waals surface area contributed by atoms with E-state index in [1.54, 1.807) is 6.20 Å². The van der Waals surface area contributed by atoms with E-state index < -0.39 is 17.7 Å². The van der Waals surface area contributed by atoms with E-state index >= 15 is 0 Å². The van der Waals surface area contributed by atoms with Crippen molar-refractivity contribution in [1.82, 2.24) is 15.2 Å². The Kier molecular flexibility index (Phi) is 8.48. The smallest absolute Gasteiger partial charge is 0.408 e. The molecule has 0 radical (unpaired) electrons. The van der Waals surface area contributed by atoms with E-state index in [1.165, 1.54) is 5.56 Å². The molecule has 1 fully saturated rings. The molecule has 1 aromatic carbocycles. The second kappa shape index (κ2) is 11.3. The first-order valence-electron chi connectivity index (χ1n) is 12.0. The molecule has 2 heterocycles. The van der Waals surface area contributed by atoms with Gasteiger partial charge in [0.2, 0.25) is 5.91 Å². The summed E-state index contributed by atoms with van der Waals surface area (Å²) >= 11 is 0. The summed E-state index contributed by atoms with van der Waals surface area (Å²) in [7, 11) is 0. The number of rotatable bonds is 7. The van der Waals surface area contributed by atoms with Crippen LogP contribution in [-0.2, 0) is 22.4 Å². The van der Waals surface area contributed by atoms with Crippen molar-refractivity contribution in [2.75, 3.05) is 6.54 Å². The highest BCUT2D eigenvalue weighted by molar-refractivity contribution is 5.86. The monoisotopic (exact) mass is 451 g/mol. The number of pyridine rings is 1. The molecular formula is C27H37N3O3. The highest BCUT2D eigenvalue weighted by atomic mass is 16.6. The molecule has 0 saturated carbocycles. The lowest BCUT2D eigenvalue weighted by Crippen LogP contribution is -2.52. The normalized spacial score (nSPS) is 17.3. The topological polar surface area (TPSA) is 71.5 Å². The molecule has 2 unspecified atom stereocenters. The number of piperidine rings is 1. The maximum atomic E-state index is 13.8. The van der Waals surface area contributed by atoms with Crippen LogP contribution >= 0.6 is 0 Å². The number of amides is 2. The Labute approximate surface area is 197 Å². The Hall–Kier alpha value is -2.89. The fourth-order valence-corrected chi connectivity index (χ4v) is 4.33. The molecule has 6 nitrogen and oxygen atoms in total. The number of aromatic nitrogens is 1. The zero-order valence-electron chi connectivity index (χ0n) is 20.3. The molecular weight excluding hydrogens is 414 g/mol. The van der Waals surface area contributed by atoms with Gasteiger partial charge in [-0.1, -0.05) is 43.7 Å². The van der Waals surface area contributed by atoms with Gasteiger partial charge in [0, 0.05) is 25.4 Å². The lowest BCUT2D eigenvalue weighted by molar-refractivity contribution is -0.137. The van der Waals surface area contributed by atoms with Gasteiger partial charge in [0.25, 0.3) is 0 Å². The summed E-state index contributed by atoms with van der Waals surface area (Å²) in [6.07, 6.45) is 8.44. The van der Waals surface area contributed by atoms with Crippen molar-refractivity contribution in [2.45, 2.75) is 83.9 Å². The van der Waals surface area contributed by atoms with Gasteiger partial charge in [0.1, 0.15) is 11.6 Å². The quantitative estimate of drug-likeness (QED) is 0.626. The Morgan fingerprint density at radius 3 is 2.52 bits per heavy atom. The summed E-state index contributed by atoms with van der Waals surface area (Å²) in [4.78, 5) is 32.6. The van der Waals surface area contributed by atoms with Crippen LogP contribution in [-0.4, -0.2) is 40.1 Å². The fraction of sp³-hybridized carbons (Fsp3) is 0.519. The van der Waals surface area contributed by atoms with Crippen molar-refractivity contribution in [1.29, 1.82) is 0 Å². The van der Waals surface area contributed by atoms with Crippen LogP contribution in [0.15, 0.2) is 48.8 Å². The summed E-state index contributed by atoms with van der Waals surface area (Å²) < 4.78 is 5.48. The van der Waals surface area contributed by atoms with Crippen molar-refractivity contribution in [3.8, 4) is 0 Å². The maximum absolute atomic E-state index is 13.8. The Morgan fingerprint density at radius 2 is 1.88 bits per heavy atom. The molecule has 0 bridgehead atoms. The minimum absolute atomic E-state index is 0.0326. The Bertz CT molecular complexity index is 906. The number of hydrogen-bond acceptors (Lipinski definition) is 4. The molecule has 1 saturated heterocycles. The lowest BCUT2D eigenvalue weighted by Gasteiger charge is -2.38. The van der Waals surface area contributed by atoms with Crippen LogP contribution in [0.25, 0.3) is 0 Å². The molecule has 33 heavy (non-hydrogen) atoms. The van der Waals surface area contributed by atoms with Gasteiger partial charge in [-0.25, -0.2) is 4.79 Å². The molecule has 6 heteroatoms. The first-order valence-corrected chi connectivity index (χ1v) is 12.0. The minimum Gasteiger partial charge on any atom is -0.444 e. The average Bonchev–Trinajstić information content (AvgIpc) is 2.79. The predicted octanol–water partition coefficient (Wildman–Crippen LogP) is 5.22. The third-order valence-electron chi connectivity index (χ3n) is 5.85. The van der Waals surface area contributed by atoms with Gasteiger partial charge < -0.3 is 15.0 Å². The number of ether oxygens (including phenoxy) is 1. The number of hydrogen-bond donors (Lipinski definition) is 1. The molecule has 1 N–H and O–H groups in total. The van der Waals surface area contributed by atoms with Crippen molar-refractivity contribution in [3.05, 3.63) is 65.5 Å². The molecule has 0 aliphatic carbocycles. The van der Waals surface area contributed by atoms with E-state index in [4.69, 9.17) is 4.74 Å². The van der Waals surface area contributed by atoms with Crippen LogP contribution in [0.5, 0.6) is 0 Å². The number of carbonyl (C=O) groups is 2. The number of nitrogens with one attached hydrogen (secondary N) is 1. The van der Waals surface area contributed by atoms with Crippen molar-refractivity contribution < 1.29 is 14.3 Å². The lowest BCUT2D eigenvalue weighted by atomic mass is 9.94. The number of benzene rings is 1. The van der Waals surface area contributed by atoms with Gasteiger partial charge in [-0.05, 0) is 69.2 Å². The standard InChI is InChI=1S/C27H37N3O3/c1-5-9-20-12-14-21(15-13-20)18-23(29-26(32)33-27(2,3)4)25(31)30-17-7-6-11-24(30)22-10-8-16-28-19-22/h8,10,12-16,19,23-24H,5-7,9,11,17-18H2,1-4H3,(H,29,32). The van der Waals surface area contributed by atoms with Crippen molar-refractivity contribution >= 4 is 12.0 Å². The molecule has 2 atom stereocenters. The second-order valence-electron chi connectivity index (χ2n) is 9.80. The van der Waals surface area contributed by atoms with Crippen LogP contribution < -0.4 is 5.32 Å². The summed E-state index contributed by atoms with van der Waals surface area (Å²) in [5, 5.41) is 2.86. The van der Waals surface area contributed by atoms with Gasteiger partial charge in [0.15, 0.2) is 0 Å². The van der Waals surface area contributed by atoms with Gasteiger partial charge in [-0.3, -0.25) is 9.78 Å². The summed E-state index contributed by atoms with van der Waals surface area (Å²) in [6, 6.07) is 11.5. The van der Waals surface area contributed by atoms with E-state index in [1.807, 2.05) is 44.0 Å². The van der Waals surface area contributed by atoms with Gasteiger partial charge in [0.05, 0.1) is 6.04 Å². The molecule has 1 aromatic heterocycles. The Balaban J connectivity index is 1.83. The zero-order valence-corrected chi connectivity index (χ0v) is 20.3. The fourth-order valence-electron chi connectivity index (χ4n) is 4.33. The van der Waals surface area contributed by atoms with Crippen LogP contribution in [0, 0.1) is 0 Å². The largest absolute Gasteiger partial charge is 0.444 e. The van der Waals surface area contributed by atoms with E-state index in [-0.39, 0.29) is 11.9 Å². The van der Waals surface area contributed by atoms with Gasteiger partial charge in [-0.2, -0.15) is 0 Å². The van der Waals surface area contributed by atoms with Crippen LogP contribution in [0.2, 0.25) is 0 Å². The summed E-state index contributed by atoms with van der Waals surface area (Å²) in [5.74, 6) is -0.0768. The number of nitrogens with zero attached hydrogens (tertiary/aromatic N) is 2. The third kappa shape index (κ3) is 7.31. The van der Waals surface area contributed by atoms with Crippen LogP contribution in [0.3, 0.4) is 0 Å². The second-order valence-corrected chi connectivity index (χ2v) is 9.80. The summed E-state index contributed by atoms with van der Waals surface area (Å²) in [6.45, 7) is 8.28.